The van der Waals surface area contributed by atoms with E-state index in [2.05, 4.69) is 20.3 Å². The van der Waals surface area contributed by atoms with Gasteiger partial charge in [0.1, 0.15) is 5.69 Å². The second kappa shape index (κ2) is 3.95. The van der Waals surface area contributed by atoms with Gasteiger partial charge in [0, 0.05) is 19.4 Å². The highest BCUT2D eigenvalue weighted by molar-refractivity contribution is 5.91. The van der Waals surface area contributed by atoms with Crippen LogP contribution in [0.25, 0.3) is 0 Å². The molecule has 6 heteroatoms. The number of H-pyrrole nitrogens is 1. The molecule has 2 N–H and O–H groups in total. The highest BCUT2D eigenvalue weighted by atomic mass is 16.1. The lowest BCUT2D eigenvalue weighted by Gasteiger charge is -1.99. The maximum atomic E-state index is 11.5. The molecule has 1 amide bonds. The molecule has 0 spiro atoms. The summed E-state index contributed by atoms with van der Waals surface area (Å²) in [5.41, 5.74) is 1.27. The fourth-order valence-corrected chi connectivity index (χ4v) is 1.18. The zero-order valence-electron chi connectivity index (χ0n) is 8.27. The second-order valence-electron chi connectivity index (χ2n) is 3.18. The average molecular weight is 205 g/mol. The van der Waals surface area contributed by atoms with Crippen LogP contribution in [0.15, 0.2) is 25.0 Å². The van der Waals surface area contributed by atoms with Crippen molar-refractivity contribution in [1.82, 2.24) is 24.8 Å². The SMILES string of the molecule is Cn1cnc(C(=O)NCc2cnc[nH]2)c1. The standard InChI is InChI=1S/C9H11N5O/c1-14-4-8(13-6-14)9(15)11-3-7-2-10-5-12-7/h2,4-6H,3H2,1H3,(H,10,12)(H,11,15). The number of rotatable bonds is 3. The highest BCUT2D eigenvalue weighted by Crippen LogP contribution is 1.95. The quantitative estimate of drug-likeness (QED) is 0.744. The largest absolute Gasteiger partial charge is 0.347 e. The number of carbonyl (C=O) groups excluding carboxylic acids is 1. The van der Waals surface area contributed by atoms with Crippen LogP contribution < -0.4 is 5.32 Å². The molecule has 0 saturated carbocycles. The Labute approximate surface area is 86.4 Å². The van der Waals surface area contributed by atoms with Crippen LogP contribution >= 0.6 is 0 Å². The van der Waals surface area contributed by atoms with E-state index in [0.29, 0.717) is 12.2 Å². The minimum Gasteiger partial charge on any atom is -0.347 e. The smallest absolute Gasteiger partial charge is 0.271 e. The summed E-state index contributed by atoms with van der Waals surface area (Å²) in [6.45, 7) is 0.426. The van der Waals surface area contributed by atoms with Crippen LogP contribution in [-0.2, 0) is 13.6 Å². The summed E-state index contributed by atoms with van der Waals surface area (Å²) in [6.07, 6.45) is 6.49. The molecule has 0 saturated heterocycles. The first-order chi connectivity index (χ1) is 7.25. The van der Waals surface area contributed by atoms with E-state index >= 15 is 0 Å². The van der Waals surface area contributed by atoms with Gasteiger partial charge in [-0.05, 0) is 0 Å². The summed E-state index contributed by atoms with van der Waals surface area (Å²) in [6, 6.07) is 0. The number of imidazole rings is 2. The molecular formula is C9H11N5O. The van der Waals surface area contributed by atoms with Gasteiger partial charge < -0.3 is 14.9 Å². The summed E-state index contributed by atoms with van der Waals surface area (Å²) in [5, 5.41) is 2.73. The number of aromatic nitrogens is 4. The van der Waals surface area contributed by atoms with Crippen molar-refractivity contribution in [2.45, 2.75) is 6.54 Å². The Bertz CT molecular complexity index is 445. The number of nitrogens with zero attached hydrogens (tertiary/aromatic N) is 3. The van der Waals surface area contributed by atoms with Crippen molar-refractivity contribution in [1.29, 1.82) is 0 Å². The minimum atomic E-state index is -0.190. The second-order valence-corrected chi connectivity index (χ2v) is 3.18. The van der Waals surface area contributed by atoms with Crippen molar-refractivity contribution >= 4 is 5.91 Å². The van der Waals surface area contributed by atoms with Crippen molar-refractivity contribution in [2.24, 2.45) is 7.05 Å². The van der Waals surface area contributed by atoms with Crippen LogP contribution in [0.3, 0.4) is 0 Å². The Morgan fingerprint density at radius 3 is 3.13 bits per heavy atom. The molecule has 0 atom stereocenters. The molecule has 0 unspecified atom stereocenters. The Balaban J connectivity index is 1.93. The van der Waals surface area contributed by atoms with Crippen LogP contribution in [0, 0.1) is 0 Å². The van der Waals surface area contributed by atoms with E-state index in [0.717, 1.165) is 5.69 Å². The summed E-state index contributed by atoms with van der Waals surface area (Å²) in [5.74, 6) is -0.190. The fourth-order valence-electron chi connectivity index (χ4n) is 1.18. The number of amides is 1. The molecule has 0 fully saturated rings. The zero-order valence-corrected chi connectivity index (χ0v) is 8.27. The predicted molar refractivity (Wildman–Crippen MR) is 53.0 cm³/mol. The molecule has 78 valence electrons. The van der Waals surface area contributed by atoms with E-state index < -0.39 is 0 Å². The lowest BCUT2D eigenvalue weighted by Crippen LogP contribution is -2.23. The fraction of sp³-hybridized carbons (Fsp3) is 0.222. The number of hydrogen-bond acceptors (Lipinski definition) is 3. The lowest BCUT2D eigenvalue weighted by molar-refractivity contribution is 0.0946. The Morgan fingerprint density at radius 1 is 1.67 bits per heavy atom. The molecule has 0 bridgehead atoms. The van der Waals surface area contributed by atoms with Crippen LogP contribution in [-0.4, -0.2) is 25.4 Å². The highest BCUT2D eigenvalue weighted by Gasteiger charge is 2.07. The van der Waals surface area contributed by atoms with Crippen molar-refractivity contribution in [3.63, 3.8) is 0 Å². The van der Waals surface area contributed by atoms with E-state index in [1.807, 2.05) is 7.05 Å². The molecule has 0 radical (unpaired) electrons. The molecule has 6 nitrogen and oxygen atoms in total. The molecule has 2 heterocycles. The van der Waals surface area contributed by atoms with Gasteiger partial charge in [-0.25, -0.2) is 9.97 Å². The van der Waals surface area contributed by atoms with Gasteiger partial charge in [0.2, 0.25) is 0 Å². The number of aryl methyl sites for hydroxylation is 1. The zero-order chi connectivity index (χ0) is 10.7. The maximum absolute atomic E-state index is 11.5. The topological polar surface area (TPSA) is 75.6 Å². The van der Waals surface area contributed by atoms with Crippen LogP contribution in [0.2, 0.25) is 0 Å². The van der Waals surface area contributed by atoms with Gasteiger partial charge >= 0.3 is 0 Å². The normalized spacial score (nSPS) is 10.2. The van der Waals surface area contributed by atoms with E-state index in [4.69, 9.17) is 0 Å². The first-order valence-electron chi connectivity index (χ1n) is 4.49. The molecule has 2 rings (SSSR count). The van der Waals surface area contributed by atoms with Crippen LogP contribution in [0.1, 0.15) is 16.2 Å². The van der Waals surface area contributed by atoms with Crippen LogP contribution in [0.4, 0.5) is 0 Å². The number of nitrogens with one attached hydrogen (secondary N) is 2. The summed E-state index contributed by atoms with van der Waals surface area (Å²) in [4.78, 5) is 22.2. The molecule has 0 aliphatic heterocycles. The lowest BCUT2D eigenvalue weighted by atomic mass is 10.4. The van der Waals surface area contributed by atoms with E-state index in [1.54, 1.807) is 29.6 Å². The van der Waals surface area contributed by atoms with Crippen molar-refractivity contribution in [3.8, 4) is 0 Å². The van der Waals surface area contributed by atoms with E-state index in [-0.39, 0.29) is 5.91 Å². The van der Waals surface area contributed by atoms with Gasteiger partial charge in [-0.3, -0.25) is 4.79 Å². The molecular weight excluding hydrogens is 194 g/mol. The molecule has 15 heavy (non-hydrogen) atoms. The van der Waals surface area contributed by atoms with Crippen molar-refractivity contribution in [2.75, 3.05) is 0 Å². The van der Waals surface area contributed by atoms with Gasteiger partial charge in [0.05, 0.1) is 24.9 Å². The number of carbonyl (C=O) groups is 1. The van der Waals surface area contributed by atoms with Crippen molar-refractivity contribution < 1.29 is 4.79 Å². The Hall–Kier alpha value is -2.11. The predicted octanol–water partition coefficient (Wildman–Crippen LogP) is 0.0732. The summed E-state index contributed by atoms with van der Waals surface area (Å²) >= 11 is 0. The summed E-state index contributed by atoms with van der Waals surface area (Å²) < 4.78 is 1.73. The third-order valence-electron chi connectivity index (χ3n) is 1.93. The molecule has 2 aromatic heterocycles. The molecule has 0 aromatic carbocycles. The first kappa shape index (κ1) is 9.45. The Morgan fingerprint density at radius 2 is 2.53 bits per heavy atom. The van der Waals surface area contributed by atoms with E-state index in [9.17, 15) is 4.79 Å². The van der Waals surface area contributed by atoms with Gasteiger partial charge in [-0.1, -0.05) is 0 Å². The third kappa shape index (κ3) is 2.22. The van der Waals surface area contributed by atoms with Crippen molar-refractivity contribution in [3.05, 3.63) is 36.4 Å². The molecule has 2 aromatic rings. The van der Waals surface area contributed by atoms with Crippen LogP contribution in [0.5, 0.6) is 0 Å². The summed E-state index contributed by atoms with van der Waals surface area (Å²) in [7, 11) is 1.82. The van der Waals surface area contributed by atoms with E-state index in [1.165, 1.54) is 0 Å². The molecule has 0 aliphatic carbocycles. The van der Waals surface area contributed by atoms with Gasteiger partial charge in [0.15, 0.2) is 0 Å². The average Bonchev–Trinajstić information content (AvgIpc) is 2.84. The monoisotopic (exact) mass is 205 g/mol. The van der Waals surface area contributed by atoms with Gasteiger partial charge in [0.25, 0.3) is 5.91 Å². The van der Waals surface area contributed by atoms with Gasteiger partial charge in [-0.15, -0.1) is 0 Å². The Kier molecular flexibility index (Phi) is 2.49. The number of hydrogen-bond donors (Lipinski definition) is 2. The number of aromatic amines is 1. The third-order valence-corrected chi connectivity index (χ3v) is 1.93. The minimum absolute atomic E-state index is 0.190. The molecule has 0 aliphatic rings. The maximum Gasteiger partial charge on any atom is 0.271 e. The van der Waals surface area contributed by atoms with Gasteiger partial charge in [-0.2, -0.15) is 0 Å². The first-order valence-corrected chi connectivity index (χ1v) is 4.49.